The van der Waals surface area contributed by atoms with Crippen molar-refractivity contribution in [2.45, 2.75) is 0 Å². The van der Waals surface area contributed by atoms with Crippen LogP contribution in [-0.4, -0.2) is 10.9 Å². The Balaban J connectivity index is 2.14. The van der Waals surface area contributed by atoms with Crippen molar-refractivity contribution < 1.29 is 9.90 Å². The fourth-order valence-electron chi connectivity index (χ4n) is 1.50. The van der Waals surface area contributed by atoms with Crippen molar-refractivity contribution in [1.82, 2.24) is 0 Å². The minimum atomic E-state index is -0.131. The fourth-order valence-corrected chi connectivity index (χ4v) is 1.77. The van der Waals surface area contributed by atoms with E-state index in [1.807, 2.05) is 24.3 Å². The SMILES string of the molecule is O=C(/C=C/c1ccc(Br)cc1)c1cccc(O)c1. The van der Waals surface area contributed by atoms with E-state index in [0.717, 1.165) is 10.0 Å². The number of carbonyl (C=O) groups excluding carboxylic acids is 1. The lowest BCUT2D eigenvalue weighted by Crippen LogP contribution is -1.93. The molecule has 2 nitrogen and oxygen atoms in total. The molecule has 0 saturated heterocycles. The van der Waals surface area contributed by atoms with E-state index in [-0.39, 0.29) is 11.5 Å². The molecule has 0 fully saturated rings. The van der Waals surface area contributed by atoms with E-state index < -0.39 is 0 Å². The number of ketones is 1. The van der Waals surface area contributed by atoms with Gasteiger partial charge in [-0.25, -0.2) is 0 Å². The van der Waals surface area contributed by atoms with Crippen LogP contribution in [0.15, 0.2) is 59.1 Å². The first-order valence-corrected chi connectivity index (χ1v) is 6.21. The van der Waals surface area contributed by atoms with Gasteiger partial charge in [-0.1, -0.05) is 46.3 Å². The Morgan fingerprint density at radius 3 is 2.50 bits per heavy atom. The molecule has 0 radical (unpaired) electrons. The molecule has 0 aromatic heterocycles. The summed E-state index contributed by atoms with van der Waals surface area (Å²) in [4.78, 5) is 11.8. The number of halogens is 1. The summed E-state index contributed by atoms with van der Waals surface area (Å²) in [6, 6.07) is 14.0. The third-order valence-corrected chi connectivity index (χ3v) is 2.96. The second-order valence-corrected chi connectivity index (χ2v) is 4.72. The zero-order chi connectivity index (χ0) is 13.0. The maximum absolute atomic E-state index is 11.8. The number of allylic oxidation sites excluding steroid dienone is 1. The van der Waals surface area contributed by atoms with Crippen LogP contribution in [0.4, 0.5) is 0 Å². The summed E-state index contributed by atoms with van der Waals surface area (Å²) in [5, 5.41) is 9.30. The third-order valence-electron chi connectivity index (χ3n) is 2.43. The molecule has 0 aliphatic carbocycles. The average Bonchev–Trinajstić information content (AvgIpc) is 2.38. The van der Waals surface area contributed by atoms with Crippen molar-refractivity contribution >= 4 is 27.8 Å². The highest BCUT2D eigenvalue weighted by Gasteiger charge is 2.01. The number of rotatable bonds is 3. The Bertz CT molecular complexity index is 586. The maximum Gasteiger partial charge on any atom is 0.185 e. The summed E-state index contributed by atoms with van der Waals surface area (Å²) in [7, 11) is 0. The summed E-state index contributed by atoms with van der Waals surface area (Å²) >= 11 is 3.35. The van der Waals surface area contributed by atoms with E-state index in [1.165, 1.54) is 18.2 Å². The highest BCUT2D eigenvalue weighted by atomic mass is 79.9. The molecule has 0 unspecified atom stereocenters. The van der Waals surface area contributed by atoms with Gasteiger partial charge < -0.3 is 5.11 Å². The molecule has 0 spiro atoms. The van der Waals surface area contributed by atoms with Crippen molar-refractivity contribution in [3.8, 4) is 5.75 Å². The molecule has 2 rings (SSSR count). The number of benzene rings is 2. The molecule has 0 bridgehead atoms. The molecule has 0 amide bonds. The predicted molar refractivity (Wildman–Crippen MR) is 75.6 cm³/mol. The quantitative estimate of drug-likeness (QED) is 0.686. The van der Waals surface area contributed by atoms with Gasteiger partial charge in [0.05, 0.1) is 0 Å². The number of aromatic hydroxyl groups is 1. The van der Waals surface area contributed by atoms with Crippen LogP contribution < -0.4 is 0 Å². The smallest absolute Gasteiger partial charge is 0.185 e. The van der Waals surface area contributed by atoms with Gasteiger partial charge >= 0.3 is 0 Å². The second-order valence-electron chi connectivity index (χ2n) is 3.80. The van der Waals surface area contributed by atoms with Crippen LogP contribution in [0.5, 0.6) is 5.75 Å². The zero-order valence-electron chi connectivity index (χ0n) is 9.51. The van der Waals surface area contributed by atoms with E-state index in [2.05, 4.69) is 15.9 Å². The highest BCUT2D eigenvalue weighted by Crippen LogP contribution is 2.14. The Morgan fingerprint density at radius 2 is 1.83 bits per heavy atom. The highest BCUT2D eigenvalue weighted by molar-refractivity contribution is 9.10. The lowest BCUT2D eigenvalue weighted by Gasteiger charge is -1.97. The lowest BCUT2D eigenvalue weighted by molar-refractivity contribution is 0.104. The van der Waals surface area contributed by atoms with E-state index in [0.29, 0.717) is 5.56 Å². The van der Waals surface area contributed by atoms with Gasteiger partial charge in [-0.05, 0) is 35.9 Å². The van der Waals surface area contributed by atoms with E-state index in [9.17, 15) is 9.90 Å². The number of hydrogen-bond acceptors (Lipinski definition) is 2. The monoisotopic (exact) mass is 302 g/mol. The van der Waals surface area contributed by atoms with E-state index in [1.54, 1.807) is 18.2 Å². The van der Waals surface area contributed by atoms with E-state index >= 15 is 0 Å². The third kappa shape index (κ3) is 3.31. The normalized spacial score (nSPS) is 10.7. The Kier molecular flexibility index (Phi) is 3.95. The summed E-state index contributed by atoms with van der Waals surface area (Å²) in [6.07, 6.45) is 3.25. The molecular weight excluding hydrogens is 292 g/mol. The average molecular weight is 303 g/mol. The standard InChI is InChI=1S/C15H11BrO2/c16-13-7-4-11(5-8-13)6-9-15(18)12-2-1-3-14(17)10-12/h1-10,17H/b9-6+. The van der Waals surface area contributed by atoms with Crippen molar-refractivity contribution in [3.63, 3.8) is 0 Å². The van der Waals surface area contributed by atoms with Gasteiger partial charge in [0.1, 0.15) is 5.75 Å². The van der Waals surface area contributed by atoms with Crippen molar-refractivity contribution in [1.29, 1.82) is 0 Å². The molecule has 3 heteroatoms. The first-order chi connectivity index (χ1) is 8.65. The lowest BCUT2D eigenvalue weighted by atomic mass is 10.1. The molecule has 18 heavy (non-hydrogen) atoms. The minimum Gasteiger partial charge on any atom is -0.508 e. The molecule has 0 heterocycles. The molecule has 90 valence electrons. The van der Waals surface area contributed by atoms with Crippen molar-refractivity contribution in [2.75, 3.05) is 0 Å². The van der Waals surface area contributed by atoms with Gasteiger partial charge in [0.15, 0.2) is 5.78 Å². The molecule has 0 aliphatic rings. The van der Waals surface area contributed by atoms with Gasteiger partial charge in [-0.15, -0.1) is 0 Å². The minimum absolute atomic E-state index is 0.0953. The zero-order valence-corrected chi connectivity index (χ0v) is 11.1. The van der Waals surface area contributed by atoms with Crippen LogP contribution in [0.25, 0.3) is 6.08 Å². The van der Waals surface area contributed by atoms with Crippen LogP contribution in [0, 0.1) is 0 Å². The largest absolute Gasteiger partial charge is 0.508 e. The Hall–Kier alpha value is -1.87. The molecule has 2 aromatic carbocycles. The fraction of sp³-hybridized carbons (Fsp3) is 0. The number of hydrogen-bond donors (Lipinski definition) is 1. The summed E-state index contributed by atoms with van der Waals surface area (Å²) in [6.45, 7) is 0. The van der Waals surface area contributed by atoms with Crippen LogP contribution in [-0.2, 0) is 0 Å². The molecular formula is C15H11BrO2. The van der Waals surface area contributed by atoms with Crippen LogP contribution in [0.2, 0.25) is 0 Å². The molecule has 2 aromatic rings. The maximum atomic E-state index is 11.8. The summed E-state index contributed by atoms with van der Waals surface area (Å²) < 4.78 is 0.999. The van der Waals surface area contributed by atoms with Gasteiger partial charge in [-0.2, -0.15) is 0 Å². The van der Waals surface area contributed by atoms with Crippen LogP contribution in [0.1, 0.15) is 15.9 Å². The van der Waals surface area contributed by atoms with Gasteiger partial charge in [0, 0.05) is 10.0 Å². The van der Waals surface area contributed by atoms with Crippen molar-refractivity contribution in [3.05, 3.63) is 70.2 Å². The first kappa shape index (κ1) is 12.6. The van der Waals surface area contributed by atoms with Crippen molar-refractivity contribution in [2.24, 2.45) is 0 Å². The number of carbonyl (C=O) groups is 1. The van der Waals surface area contributed by atoms with Gasteiger partial charge in [-0.3, -0.25) is 4.79 Å². The number of phenolic OH excluding ortho intramolecular Hbond substituents is 1. The van der Waals surface area contributed by atoms with Gasteiger partial charge in [0.2, 0.25) is 0 Å². The van der Waals surface area contributed by atoms with Crippen LogP contribution in [0.3, 0.4) is 0 Å². The molecule has 1 N–H and O–H groups in total. The molecule has 0 aliphatic heterocycles. The Morgan fingerprint density at radius 1 is 1.11 bits per heavy atom. The van der Waals surface area contributed by atoms with Crippen LogP contribution >= 0.6 is 15.9 Å². The van der Waals surface area contributed by atoms with E-state index in [4.69, 9.17) is 0 Å². The summed E-state index contributed by atoms with van der Waals surface area (Å²) in [5.74, 6) is -0.0355. The molecule has 0 atom stereocenters. The van der Waals surface area contributed by atoms with Gasteiger partial charge in [0.25, 0.3) is 0 Å². The first-order valence-electron chi connectivity index (χ1n) is 5.42. The molecule has 0 saturated carbocycles. The predicted octanol–water partition coefficient (Wildman–Crippen LogP) is 4.05. The second kappa shape index (κ2) is 5.65. The topological polar surface area (TPSA) is 37.3 Å². The Labute approximate surface area is 114 Å². The number of phenols is 1. The summed E-state index contributed by atoms with van der Waals surface area (Å²) in [5.41, 5.74) is 1.43.